The number of rotatable bonds is 7. The lowest BCUT2D eigenvalue weighted by molar-refractivity contribution is -0.0316. The molecule has 8 rings (SSSR count). The number of fused-ring (bicyclic) bond motifs is 4. The average Bonchev–Trinajstić information content (AvgIpc) is 3.64. The fourth-order valence-corrected chi connectivity index (χ4v) is 11.6. The number of hydrogen-bond donors (Lipinski definition) is 1. The zero-order chi connectivity index (χ0) is 38.0. The van der Waals surface area contributed by atoms with E-state index in [1.54, 1.807) is 13.2 Å². The average molecular weight is 798 g/mol. The molecule has 11 nitrogen and oxygen atoms in total. The molecule has 0 aromatic heterocycles. The number of carbonyl (C=O) groups excluding carboxylic acids is 1. The molecule has 1 spiro atoms. The number of benzene rings is 2. The predicted molar refractivity (Wildman–Crippen MR) is 212 cm³/mol. The Bertz CT molecular complexity index is 1820. The summed E-state index contributed by atoms with van der Waals surface area (Å²) < 4.78 is 61.8. The molecule has 3 fully saturated rings. The maximum atomic E-state index is 14.2. The van der Waals surface area contributed by atoms with Crippen molar-refractivity contribution in [3.63, 3.8) is 0 Å². The van der Waals surface area contributed by atoms with Gasteiger partial charge < -0.3 is 28.6 Å². The summed E-state index contributed by atoms with van der Waals surface area (Å²) in [5.74, 6) is 0.645. The van der Waals surface area contributed by atoms with Crippen LogP contribution in [0.15, 0.2) is 48.6 Å². The van der Waals surface area contributed by atoms with Crippen LogP contribution in [0.4, 0.5) is 5.69 Å². The van der Waals surface area contributed by atoms with Crippen LogP contribution in [-0.2, 0) is 40.8 Å². The Kier molecular flexibility index (Phi) is 12.1. The van der Waals surface area contributed by atoms with Gasteiger partial charge in [0.05, 0.1) is 50.4 Å². The maximum Gasteiger partial charge on any atom is 0.264 e. The summed E-state index contributed by atoms with van der Waals surface area (Å²) in [6, 6.07) is 11.6. The molecule has 2 aromatic carbocycles. The summed E-state index contributed by atoms with van der Waals surface area (Å²) in [4.78, 5) is 18.8. The zero-order valence-corrected chi connectivity index (χ0v) is 33.5. The minimum absolute atomic E-state index is 0.140. The van der Waals surface area contributed by atoms with Crippen LogP contribution in [-0.4, -0.2) is 116 Å². The first-order valence-electron chi connectivity index (χ1n) is 20.3. The number of amides is 1. The third kappa shape index (κ3) is 8.61. The molecule has 55 heavy (non-hydrogen) atoms. The van der Waals surface area contributed by atoms with E-state index in [9.17, 15) is 13.2 Å². The highest BCUT2D eigenvalue weighted by atomic mass is 35.5. The van der Waals surface area contributed by atoms with Crippen LogP contribution in [0.5, 0.6) is 5.75 Å². The smallest absolute Gasteiger partial charge is 0.264 e. The van der Waals surface area contributed by atoms with Gasteiger partial charge >= 0.3 is 0 Å². The SMILES string of the molecule is CO[C@@H]1C/C=C\[C@H](OCCN2CCOCC2)[C@@H]2CC[C@H]2CN2C[C@@]3(CCCc4cc(Cl)ccc43)COc3ccc(cc32)C(=O)NS(=O)(=O)[C@H]1C[C@H]1CCCO1. The molecular weight excluding hydrogens is 742 g/mol. The fraction of sp³-hybridized carbons (Fsp3) is 0.643. The van der Waals surface area contributed by atoms with E-state index in [0.717, 1.165) is 95.0 Å². The van der Waals surface area contributed by atoms with Crippen molar-refractivity contribution >= 4 is 33.2 Å². The molecular formula is C42H56ClN3O8S. The molecule has 6 aliphatic rings. The Labute approximate surface area is 331 Å². The molecule has 2 saturated heterocycles. The van der Waals surface area contributed by atoms with E-state index in [1.807, 2.05) is 24.3 Å². The molecule has 2 aliphatic carbocycles. The number of carbonyl (C=O) groups is 1. The number of aryl methyl sites for hydroxylation is 1. The van der Waals surface area contributed by atoms with Crippen molar-refractivity contribution in [3.8, 4) is 5.75 Å². The number of nitrogens with zero attached hydrogens (tertiary/aromatic N) is 2. The van der Waals surface area contributed by atoms with Crippen molar-refractivity contribution in [2.75, 3.05) is 77.8 Å². The molecule has 1 saturated carbocycles. The van der Waals surface area contributed by atoms with Crippen molar-refractivity contribution in [1.29, 1.82) is 0 Å². The summed E-state index contributed by atoms with van der Waals surface area (Å²) in [5.41, 5.74) is 3.34. The molecule has 4 aliphatic heterocycles. The molecule has 0 unspecified atom stereocenters. The van der Waals surface area contributed by atoms with Crippen LogP contribution in [0, 0.1) is 11.8 Å². The Morgan fingerprint density at radius 3 is 2.71 bits per heavy atom. The first-order valence-corrected chi connectivity index (χ1v) is 22.2. The summed E-state index contributed by atoms with van der Waals surface area (Å²) in [7, 11) is -2.64. The Hall–Kier alpha value is -2.71. The second-order valence-electron chi connectivity index (χ2n) is 16.4. The third-order valence-corrected chi connectivity index (χ3v) is 15.0. The van der Waals surface area contributed by atoms with E-state index in [1.165, 1.54) is 11.1 Å². The van der Waals surface area contributed by atoms with Crippen LogP contribution in [0.2, 0.25) is 5.02 Å². The van der Waals surface area contributed by atoms with Crippen molar-refractivity contribution < 1.29 is 36.9 Å². The molecule has 2 aromatic rings. The van der Waals surface area contributed by atoms with Gasteiger partial charge in [0, 0.05) is 62.4 Å². The van der Waals surface area contributed by atoms with E-state index in [4.69, 9.17) is 35.3 Å². The van der Waals surface area contributed by atoms with Crippen molar-refractivity contribution in [2.24, 2.45) is 11.8 Å². The summed E-state index contributed by atoms with van der Waals surface area (Å²) >= 11 is 6.50. The number of nitrogens with one attached hydrogen (secondary N) is 1. The van der Waals surface area contributed by atoms with Gasteiger partial charge in [-0.3, -0.25) is 9.69 Å². The van der Waals surface area contributed by atoms with Crippen LogP contribution in [0.1, 0.15) is 72.9 Å². The predicted octanol–water partition coefficient (Wildman–Crippen LogP) is 5.53. The highest BCUT2D eigenvalue weighted by molar-refractivity contribution is 7.90. The van der Waals surface area contributed by atoms with Gasteiger partial charge in [0.25, 0.3) is 5.91 Å². The minimum atomic E-state index is -4.19. The van der Waals surface area contributed by atoms with Crippen LogP contribution in [0.25, 0.3) is 0 Å². The van der Waals surface area contributed by atoms with Gasteiger partial charge in [-0.05, 0) is 111 Å². The van der Waals surface area contributed by atoms with Gasteiger partial charge in [0.15, 0.2) is 0 Å². The number of halogens is 1. The fourth-order valence-electron chi connectivity index (χ4n) is 9.83. The highest BCUT2D eigenvalue weighted by Gasteiger charge is 2.45. The van der Waals surface area contributed by atoms with Gasteiger partial charge in [-0.2, -0.15) is 0 Å². The second-order valence-corrected chi connectivity index (χ2v) is 18.7. The van der Waals surface area contributed by atoms with Crippen molar-refractivity contribution in [1.82, 2.24) is 9.62 Å². The minimum Gasteiger partial charge on any atom is -0.490 e. The van der Waals surface area contributed by atoms with E-state index < -0.39 is 27.3 Å². The lowest BCUT2D eigenvalue weighted by Crippen LogP contribution is -2.50. The lowest BCUT2D eigenvalue weighted by atomic mass is 9.68. The van der Waals surface area contributed by atoms with Gasteiger partial charge in [-0.25, -0.2) is 13.1 Å². The van der Waals surface area contributed by atoms with Gasteiger partial charge in [-0.1, -0.05) is 29.8 Å². The standard InChI is InChI=1S/C42H56ClN3O8S/c1-50-39-8-2-7-37(53-22-18-45-16-20-51-21-17-45)34-12-9-31(34)26-46-27-42(15-3-5-29-23-32(43)11-13-35(29)42)28-54-38-14-10-30(24-36(38)46)41(47)44-55(48,49)40(39)25-33-6-4-19-52-33/h2,7,10-11,13-14,23-24,31,33-34,37,39-40H,3-6,8-9,12,15-22,25-28H2,1H3,(H,44,47)/b7-2-/t31-,33+,34+,37-,39+,40-,42-/m0/s1. The van der Waals surface area contributed by atoms with Crippen molar-refractivity contribution in [3.05, 3.63) is 70.3 Å². The third-order valence-electron chi connectivity index (χ3n) is 13.0. The normalized spacial score (nSPS) is 33.1. The van der Waals surface area contributed by atoms with E-state index in [-0.39, 0.29) is 35.5 Å². The molecule has 13 heteroatoms. The first-order chi connectivity index (χ1) is 26.7. The Balaban J connectivity index is 1.15. The number of sulfonamides is 1. The lowest BCUT2D eigenvalue weighted by Gasteiger charge is -2.46. The number of morpholine rings is 1. The number of hydrogen-bond acceptors (Lipinski definition) is 10. The molecule has 300 valence electrons. The summed E-state index contributed by atoms with van der Waals surface area (Å²) in [6.45, 7) is 7.28. The molecule has 7 atom stereocenters. The van der Waals surface area contributed by atoms with E-state index in [2.05, 4.69) is 32.7 Å². The van der Waals surface area contributed by atoms with Gasteiger partial charge in [-0.15, -0.1) is 0 Å². The monoisotopic (exact) mass is 797 g/mol. The zero-order valence-electron chi connectivity index (χ0n) is 32.0. The van der Waals surface area contributed by atoms with Crippen LogP contribution >= 0.6 is 11.6 Å². The molecule has 4 heterocycles. The van der Waals surface area contributed by atoms with Crippen LogP contribution in [0.3, 0.4) is 0 Å². The molecule has 1 amide bonds. The molecule has 1 N–H and O–H groups in total. The second kappa shape index (κ2) is 17.0. The van der Waals surface area contributed by atoms with Gasteiger partial charge in [0.2, 0.25) is 10.0 Å². The number of methoxy groups -OCH3 is 1. The largest absolute Gasteiger partial charge is 0.490 e. The summed E-state index contributed by atoms with van der Waals surface area (Å²) in [5, 5.41) is -0.260. The molecule has 0 radical (unpaired) electrons. The van der Waals surface area contributed by atoms with E-state index >= 15 is 0 Å². The first kappa shape index (κ1) is 39.1. The topological polar surface area (TPSA) is 116 Å². The summed E-state index contributed by atoms with van der Waals surface area (Å²) in [6.07, 6.45) is 10.4. The number of ether oxygens (including phenoxy) is 5. The Morgan fingerprint density at radius 1 is 1.05 bits per heavy atom. The highest BCUT2D eigenvalue weighted by Crippen LogP contribution is 2.47. The quantitative estimate of drug-likeness (QED) is 0.359. The molecule has 2 bridgehead atoms. The van der Waals surface area contributed by atoms with E-state index in [0.29, 0.717) is 44.5 Å². The number of anilines is 1. The Morgan fingerprint density at radius 2 is 1.93 bits per heavy atom. The maximum absolute atomic E-state index is 14.2. The van der Waals surface area contributed by atoms with Crippen LogP contribution < -0.4 is 14.4 Å². The van der Waals surface area contributed by atoms with Crippen molar-refractivity contribution in [2.45, 2.75) is 86.8 Å². The van der Waals surface area contributed by atoms with Gasteiger partial charge in [0.1, 0.15) is 11.0 Å².